The van der Waals surface area contributed by atoms with E-state index < -0.39 is 10.4 Å². The predicted molar refractivity (Wildman–Crippen MR) is 45.1 cm³/mol. The topological polar surface area (TPSA) is 151 Å². The molecule has 0 rings (SSSR count). The first kappa shape index (κ1) is 18.5. The lowest BCUT2D eigenvalue weighted by molar-refractivity contribution is 0.106. The highest BCUT2D eigenvalue weighted by atomic mass is 32.3. The van der Waals surface area contributed by atoms with E-state index in [0.717, 1.165) is 6.42 Å². The van der Waals surface area contributed by atoms with E-state index in [4.69, 9.17) is 23.4 Å². The quantitative estimate of drug-likeness (QED) is 0.374. The second-order valence-corrected chi connectivity index (χ2v) is 3.07. The maximum absolute atomic E-state index is 8.52. The van der Waals surface area contributed by atoms with E-state index in [-0.39, 0.29) is 6.15 Å². The molecule has 0 fully saturated rings. The van der Waals surface area contributed by atoms with Crippen molar-refractivity contribution in [1.29, 1.82) is 0 Å². The van der Waals surface area contributed by atoms with E-state index >= 15 is 0 Å². The van der Waals surface area contributed by atoms with Crippen LogP contribution in [0.15, 0.2) is 0 Å². The SMILES string of the molecule is CCC(C)CON.N.O=S(=O)([O-])[O-]. The van der Waals surface area contributed by atoms with Gasteiger partial charge in [-0.2, -0.15) is 0 Å². The molecule has 13 heavy (non-hydrogen) atoms. The Hall–Kier alpha value is -0.250. The van der Waals surface area contributed by atoms with E-state index in [1.54, 1.807) is 0 Å². The highest BCUT2D eigenvalue weighted by Gasteiger charge is 1.93. The Morgan fingerprint density at radius 1 is 1.46 bits per heavy atom. The highest BCUT2D eigenvalue weighted by Crippen LogP contribution is 1.97. The summed E-state index contributed by atoms with van der Waals surface area (Å²) in [5.74, 6) is 5.41. The van der Waals surface area contributed by atoms with Gasteiger partial charge in [0.25, 0.3) is 0 Å². The minimum Gasteiger partial charge on any atom is -0.759 e. The first-order chi connectivity index (χ1) is 5.31. The van der Waals surface area contributed by atoms with Gasteiger partial charge >= 0.3 is 0 Å². The highest BCUT2D eigenvalue weighted by molar-refractivity contribution is 7.79. The Morgan fingerprint density at radius 2 is 1.77 bits per heavy atom. The Kier molecular flexibility index (Phi) is 14.0. The Balaban J connectivity index is -0.000000150. The molecule has 0 aliphatic carbocycles. The number of hydrogen-bond donors (Lipinski definition) is 2. The fraction of sp³-hybridized carbons (Fsp3) is 1.00. The number of hydrogen-bond acceptors (Lipinski definition) is 7. The first-order valence-electron chi connectivity index (χ1n) is 3.29. The molecule has 0 bridgehead atoms. The van der Waals surface area contributed by atoms with E-state index in [1.165, 1.54) is 0 Å². The molecule has 0 aromatic rings. The molecular weight excluding hydrogens is 200 g/mol. The molecule has 1 atom stereocenters. The minimum absolute atomic E-state index is 0. The Morgan fingerprint density at radius 3 is 1.85 bits per heavy atom. The fourth-order valence-corrected chi connectivity index (χ4v) is 0.282. The molecule has 0 spiro atoms. The van der Waals surface area contributed by atoms with Gasteiger partial charge in [-0.25, -0.2) is 5.90 Å². The van der Waals surface area contributed by atoms with Gasteiger partial charge in [-0.05, 0) is 5.92 Å². The molecule has 0 radical (unpaired) electrons. The van der Waals surface area contributed by atoms with Crippen molar-refractivity contribution < 1.29 is 22.4 Å². The molecule has 0 amide bonds. The van der Waals surface area contributed by atoms with Crippen LogP contribution in [0, 0.1) is 5.92 Å². The van der Waals surface area contributed by atoms with Crippen LogP contribution in [0.5, 0.6) is 0 Å². The van der Waals surface area contributed by atoms with Crippen molar-refractivity contribution in [3.05, 3.63) is 0 Å². The molecule has 0 aliphatic rings. The van der Waals surface area contributed by atoms with Gasteiger partial charge in [0.2, 0.25) is 0 Å². The summed E-state index contributed by atoms with van der Waals surface area (Å²) in [6, 6.07) is 0. The molecular formula is C5H16N2O5S-2. The van der Waals surface area contributed by atoms with Gasteiger partial charge in [0.15, 0.2) is 0 Å². The Bertz CT molecular complexity index is 173. The zero-order valence-electron chi connectivity index (χ0n) is 7.73. The predicted octanol–water partition coefficient (Wildman–Crippen LogP) is -0.253. The molecule has 0 saturated heterocycles. The molecule has 0 aromatic heterocycles. The molecule has 0 aromatic carbocycles. The van der Waals surface area contributed by atoms with E-state index in [0.29, 0.717) is 12.5 Å². The average molecular weight is 216 g/mol. The Labute approximate surface area is 78.4 Å². The summed E-state index contributed by atoms with van der Waals surface area (Å²) in [6.07, 6.45) is 1.14. The van der Waals surface area contributed by atoms with Crippen LogP contribution in [0.2, 0.25) is 0 Å². The normalized spacial score (nSPS) is 12.1. The summed E-state index contributed by atoms with van der Waals surface area (Å²) in [7, 11) is -5.17. The standard InChI is InChI=1S/C5H13NO.H3N.H2O4S/c1-3-5(2)4-7-6;;1-5(2,3)4/h5H,3-4,6H2,1-2H3;1H3;(H2,1,2,3,4)/p-2. The van der Waals surface area contributed by atoms with Crippen LogP contribution in [-0.4, -0.2) is 24.1 Å². The van der Waals surface area contributed by atoms with Gasteiger partial charge in [-0.3, -0.25) is 8.42 Å². The van der Waals surface area contributed by atoms with Gasteiger partial charge in [-0.15, -0.1) is 0 Å². The van der Waals surface area contributed by atoms with Gasteiger partial charge in [0.1, 0.15) is 0 Å². The lowest BCUT2D eigenvalue weighted by Gasteiger charge is -2.06. The maximum atomic E-state index is 8.52. The van der Waals surface area contributed by atoms with E-state index in [2.05, 4.69) is 18.7 Å². The largest absolute Gasteiger partial charge is 0.759 e. The zero-order chi connectivity index (χ0) is 10.2. The van der Waals surface area contributed by atoms with Crippen molar-refractivity contribution in [3.8, 4) is 0 Å². The zero-order valence-corrected chi connectivity index (χ0v) is 8.54. The van der Waals surface area contributed by atoms with Crippen LogP contribution in [-0.2, 0) is 15.2 Å². The molecule has 0 saturated carbocycles. The molecule has 1 unspecified atom stereocenters. The molecule has 8 heteroatoms. The summed E-state index contributed by atoms with van der Waals surface area (Å²) in [5, 5.41) is 0. The number of rotatable bonds is 3. The van der Waals surface area contributed by atoms with Crippen molar-refractivity contribution in [3.63, 3.8) is 0 Å². The lowest BCUT2D eigenvalue weighted by atomic mass is 10.1. The smallest absolute Gasteiger partial charge is 0.0704 e. The molecule has 0 heterocycles. The minimum atomic E-state index is -5.17. The monoisotopic (exact) mass is 216 g/mol. The summed E-state index contributed by atoms with van der Waals surface area (Å²) in [6.45, 7) is 4.90. The lowest BCUT2D eigenvalue weighted by Crippen LogP contribution is -2.08. The summed E-state index contributed by atoms with van der Waals surface area (Å²) >= 11 is 0. The third-order valence-electron chi connectivity index (χ3n) is 1.08. The first-order valence-corrected chi connectivity index (χ1v) is 4.63. The fourth-order valence-electron chi connectivity index (χ4n) is 0.282. The third kappa shape index (κ3) is 49.5. The third-order valence-corrected chi connectivity index (χ3v) is 1.08. The molecule has 0 aliphatic heterocycles. The number of nitrogens with two attached hydrogens (primary N) is 1. The summed E-state index contributed by atoms with van der Waals surface area (Å²) in [4.78, 5) is 4.39. The summed E-state index contributed by atoms with van der Waals surface area (Å²) < 4.78 is 34.1. The maximum Gasteiger partial charge on any atom is 0.0704 e. The van der Waals surface area contributed by atoms with E-state index in [9.17, 15) is 0 Å². The van der Waals surface area contributed by atoms with Crippen LogP contribution < -0.4 is 12.0 Å². The van der Waals surface area contributed by atoms with Gasteiger partial charge in [0, 0.05) is 10.4 Å². The van der Waals surface area contributed by atoms with Crippen molar-refractivity contribution in [2.75, 3.05) is 6.61 Å². The van der Waals surface area contributed by atoms with Crippen molar-refractivity contribution >= 4 is 10.4 Å². The van der Waals surface area contributed by atoms with Gasteiger partial charge in [-0.1, -0.05) is 20.3 Å². The summed E-state index contributed by atoms with van der Waals surface area (Å²) in [5.41, 5.74) is 0. The van der Waals surface area contributed by atoms with Gasteiger partial charge in [0.05, 0.1) is 6.61 Å². The average Bonchev–Trinajstić information content (AvgIpc) is 1.85. The molecule has 7 nitrogen and oxygen atoms in total. The van der Waals surface area contributed by atoms with Crippen molar-refractivity contribution in [2.45, 2.75) is 20.3 Å². The van der Waals surface area contributed by atoms with Crippen LogP contribution in [0.4, 0.5) is 0 Å². The van der Waals surface area contributed by atoms with Gasteiger partial charge < -0.3 is 20.1 Å². The van der Waals surface area contributed by atoms with Crippen LogP contribution in [0.3, 0.4) is 0 Å². The van der Waals surface area contributed by atoms with Crippen LogP contribution in [0.1, 0.15) is 20.3 Å². The second-order valence-electron chi connectivity index (χ2n) is 2.26. The molecule has 5 N–H and O–H groups in total. The van der Waals surface area contributed by atoms with Crippen LogP contribution in [0.25, 0.3) is 0 Å². The second kappa shape index (κ2) is 9.84. The van der Waals surface area contributed by atoms with E-state index in [1.807, 2.05) is 0 Å². The van der Waals surface area contributed by atoms with Crippen molar-refractivity contribution in [1.82, 2.24) is 6.15 Å². The molecule has 84 valence electrons. The van der Waals surface area contributed by atoms with Crippen LogP contribution >= 0.6 is 0 Å². The van der Waals surface area contributed by atoms with Crippen molar-refractivity contribution in [2.24, 2.45) is 11.8 Å².